The molecule has 1 amide bonds. The lowest BCUT2D eigenvalue weighted by Gasteiger charge is -2.11. The van der Waals surface area contributed by atoms with Crippen LogP contribution in [-0.2, 0) is 4.79 Å². The molecule has 7 heteroatoms. The van der Waals surface area contributed by atoms with Crippen molar-refractivity contribution < 1.29 is 19.8 Å². The molecule has 0 radical (unpaired) electrons. The molecule has 0 unspecified atom stereocenters. The van der Waals surface area contributed by atoms with Crippen molar-refractivity contribution in [1.82, 2.24) is 15.3 Å². The maximum Gasteiger partial charge on any atom is 0.328 e. The summed E-state index contributed by atoms with van der Waals surface area (Å²) in [6.45, 7) is -0.692. The Kier molecular flexibility index (Phi) is 3.67. The Hall–Kier alpha value is -2.54. The maximum atomic E-state index is 11.8. The molecule has 1 aromatic heterocycles. The van der Waals surface area contributed by atoms with E-state index < -0.39 is 24.5 Å². The maximum absolute atomic E-state index is 11.8. The number of nitrogens with zero attached hydrogens (tertiary/aromatic N) is 2. The van der Waals surface area contributed by atoms with Crippen molar-refractivity contribution in [3.8, 4) is 0 Å². The number of carbonyl (C=O) groups is 2. The van der Waals surface area contributed by atoms with Crippen LogP contribution in [0.5, 0.6) is 0 Å². The standard InChI is InChI=1S/C12H11N3O4/c16-6-10(12(18)19)15-11(17)9-5-13-7-3-1-2-4-8(7)14-9/h1-5,10,16H,6H2,(H,15,17)(H,18,19)/t10-/m0/s1. The number of benzene rings is 1. The normalized spacial score (nSPS) is 12.1. The van der Waals surface area contributed by atoms with Gasteiger partial charge in [0.25, 0.3) is 5.91 Å². The zero-order valence-electron chi connectivity index (χ0n) is 9.78. The topological polar surface area (TPSA) is 112 Å². The zero-order chi connectivity index (χ0) is 13.8. The molecule has 0 aliphatic heterocycles. The van der Waals surface area contributed by atoms with Crippen LogP contribution in [-0.4, -0.2) is 44.7 Å². The predicted octanol–water partition coefficient (Wildman–Crippen LogP) is -0.195. The van der Waals surface area contributed by atoms with Crippen molar-refractivity contribution in [2.24, 2.45) is 0 Å². The van der Waals surface area contributed by atoms with Crippen molar-refractivity contribution >= 4 is 22.9 Å². The summed E-state index contributed by atoms with van der Waals surface area (Å²) >= 11 is 0. The number of carboxylic acids is 1. The summed E-state index contributed by atoms with van der Waals surface area (Å²) in [6, 6.07) is 5.63. The van der Waals surface area contributed by atoms with Gasteiger partial charge in [-0.2, -0.15) is 0 Å². The molecule has 2 rings (SSSR count). The third kappa shape index (κ3) is 2.83. The van der Waals surface area contributed by atoms with Gasteiger partial charge in [0, 0.05) is 0 Å². The van der Waals surface area contributed by atoms with E-state index in [0.29, 0.717) is 11.0 Å². The molecule has 0 saturated heterocycles. The zero-order valence-corrected chi connectivity index (χ0v) is 9.78. The Morgan fingerprint density at radius 3 is 2.58 bits per heavy atom. The molecule has 0 saturated carbocycles. The van der Waals surface area contributed by atoms with Crippen molar-refractivity contribution in [2.75, 3.05) is 6.61 Å². The number of carbonyl (C=O) groups excluding carboxylic acids is 1. The minimum atomic E-state index is -1.36. The molecule has 19 heavy (non-hydrogen) atoms. The first-order valence-corrected chi connectivity index (χ1v) is 5.48. The number of hydrogen-bond acceptors (Lipinski definition) is 5. The lowest BCUT2D eigenvalue weighted by atomic mass is 10.2. The number of hydrogen-bond donors (Lipinski definition) is 3. The van der Waals surface area contributed by atoms with Crippen LogP contribution in [0.25, 0.3) is 11.0 Å². The number of carboxylic acid groups (broad SMARTS) is 1. The molecule has 1 heterocycles. The van der Waals surface area contributed by atoms with Gasteiger partial charge in [-0.25, -0.2) is 9.78 Å². The van der Waals surface area contributed by atoms with E-state index in [1.807, 2.05) is 0 Å². The lowest BCUT2D eigenvalue weighted by Crippen LogP contribution is -2.43. The Bertz CT molecular complexity index is 629. The number of aromatic nitrogens is 2. The van der Waals surface area contributed by atoms with Crippen LogP contribution in [0, 0.1) is 0 Å². The SMILES string of the molecule is O=C(N[C@@H](CO)C(=O)O)c1cnc2ccccc2n1. The summed E-state index contributed by atoms with van der Waals surface area (Å²) in [5.41, 5.74) is 1.17. The van der Waals surface area contributed by atoms with Crippen molar-refractivity contribution in [2.45, 2.75) is 6.04 Å². The average Bonchev–Trinajstić information content (AvgIpc) is 2.43. The van der Waals surface area contributed by atoms with Crippen LogP contribution >= 0.6 is 0 Å². The Balaban J connectivity index is 2.24. The fourth-order valence-electron chi connectivity index (χ4n) is 1.48. The third-order valence-corrected chi connectivity index (χ3v) is 2.47. The van der Waals surface area contributed by atoms with Crippen molar-refractivity contribution in [3.05, 3.63) is 36.2 Å². The fraction of sp³-hybridized carbons (Fsp3) is 0.167. The van der Waals surface area contributed by atoms with Gasteiger partial charge in [0.2, 0.25) is 0 Å². The van der Waals surface area contributed by atoms with E-state index in [1.165, 1.54) is 6.20 Å². The van der Waals surface area contributed by atoms with E-state index in [-0.39, 0.29) is 5.69 Å². The first kappa shape index (κ1) is 12.9. The third-order valence-electron chi connectivity index (χ3n) is 2.47. The quantitative estimate of drug-likeness (QED) is 0.703. The van der Waals surface area contributed by atoms with Gasteiger partial charge in [-0.15, -0.1) is 0 Å². The molecule has 0 fully saturated rings. The summed E-state index contributed by atoms with van der Waals surface area (Å²) in [6.07, 6.45) is 1.26. The minimum absolute atomic E-state index is 0.00148. The van der Waals surface area contributed by atoms with E-state index in [0.717, 1.165) is 0 Å². The molecule has 0 aliphatic rings. The highest BCUT2D eigenvalue weighted by Gasteiger charge is 2.20. The fourth-order valence-corrected chi connectivity index (χ4v) is 1.48. The smallest absolute Gasteiger partial charge is 0.328 e. The second-order valence-electron chi connectivity index (χ2n) is 3.79. The van der Waals surface area contributed by atoms with Crippen LogP contribution in [0.1, 0.15) is 10.5 Å². The number of aliphatic hydroxyl groups excluding tert-OH is 1. The van der Waals surface area contributed by atoms with E-state index in [2.05, 4.69) is 15.3 Å². The number of amides is 1. The van der Waals surface area contributed by atoms with Gasteiger partial charge in [-0.1, -0.05) is 12.1 Å². The highest BCUT2D eigenvalue weighted by Crippen LogP contribution is 2.08. The average molecular weight is 261 g/mol. The first-order valence-electron chi connectivity index (χ1n) is 5.48. The van der Waals surface area contributed by atoms with Crippen LogP contribution in [0.15, 0.2) is 30.5 Å². The molecule has 2 aromatic rings. The predicted molar refractivity (Wildman–Crippen MR) is 65.5 cm³/mol. The number of fused-ring (bicyclic) bond motifs is 1. The van der Waals surface area contributed by atoms with Crippen molar-refractivity contribution in [1.29, 1.82) is 0 Å². The van der Waals surface area contributed by atoms with E-state index >= 15 is 0 Å². The monoisotopic (exact) mass is 261 g/mol. The summed E-state index contributed by atoms with van der Waals surface area (Å²) in [5, 5.41) is 19.7. The Morgan fingerprint density at radius 1 is 1.26 bits per heavy atom. The minimum Gasteiger partial charge on any atom is -0.480 e. The number of para-hydroxylation sites is 2. The highest BCUT2D eigenvalue weighted by molar-refractivity contribution is 5.96. The van der Waals surface area contributed by atoms with Crippen LogP contribution in [0.4, 0.5) is 0 Å². The molecule has 7 nitrogen and oxygen atoms in total. The molecular weight excluding hydrogens is 250 g/mol. The van der Waals surface area contributed by atoms with E-state index in [4.69, 9.17) is 10.2 Å². The molecule has 3 N–H and O–H groups in total. The van der Waals surface area contributed by atoms with Crippen LogP contribution in [0.3, 0.4) is 0 Å². The van der Waals surface area contributed by atoms with Gasteiger partial charge in [0.05, 0.1) is 23.8 Å². The van der Waals surface area contributed by atoms with Gasteiger partial charge in [-0.3, -0.25) is 9.78 Å². The number of aliphatic carboxylic acids is 1. The highest BCUT2D eigenvalue weighted by atomic mass is 16.4. The Morgan fingerprint density at radius 2 is 1.95 bits per heavy atom. The van der Waals surface area contributed by atoms with Gasteiger partial charge in [-0.05, 0) is 12.1 Å². The first-order chi connectivity index (χ1) is 9.11. The van der Waals surface area contributed by atoms with Crippen LogP contribution in [0.2, 0.25) is 0 Å². The number of rotatable bonds is 4. The van der Waals surface area contributed by atoms with Crippen molar-refractivity contribution in [3.63, 3.8) is 0 Å². The molecule has 1 aromatic carbocycles. The second kappa shape index (κ2) is 5.40. The van der Waals surface area contributed by atoms with Crippen LogP contribution < -0.4 is 5.32 Å². The van der Waals surface area contributed by atoms with E-state index in [1.54, 1.807) is 24.3 Å². The Labute approximate surface area is 107 Å². The largest absolute Gasteiger partial charge is 0.480 e. The van der Waals surface area contributed by atoms with Gasteiger partial charge in [0.15, 0.2) is 6.04 Å². The second-order valence-corrected chi connectivity index (χ2v) is 3.79. The number of aliphatic hydroxyl groups is 1. The van der Waals surface area contributed by atoms with Gasteiger partial charge in [0.1, 0.15) is 5.69 Å². The molecule has 0 bridgehead atoms. The molecular formula is C12H11N3O4. The summed E-state index contributed by atoms with van der Waals surface area (Å²) in [4.78, 5) is 30.6. The van der Waals surface area contributed by atoms with Gasteiger partial charge >= 0.3 is 5.97 Å². The molecule has 0 aliphatic carbocycles. The van der Waals surface area contributed by atoms with E-state index in [9.17, 15) is 9.59 Å². The summed E-state index contributed by atoms with van der Waals surface area (Å²) in [5.74, 6) is -2.01. The molecule has 0 spiro atoms. The lowest BCUT2D eigenvalue weighted by molar-refractivity contribution is -0.140. The molecule has 98 valence electrons. The summed E-state index contributed by atoms with van der Waals surface area (Å²) in [7, 11) is 0. The van der Waals surface area contributed by atoms with Gasteiger partial charge < -0.3 is 15.5 Å². The summed E-state index contributed by atoms with van der Waals surface area (Å²) < 4.78 is 0. The molecule has 1 atom stereocenters. The number of nitrogens with one attached hydrogen (secondary N) is 1.